The van der Waals surface area contributed by atoms with Gasteiger partial charge in [0.05, 0.1) is 16.6 Å². The first-order chi connectivity index (χ1) is 9.43. The lowest BCUT2D eigenvalue weighted by molar-refractivity contribution is 1.22. The van der Waals surface area contributed by atoms with E-state index in [2.05, 4.69) is 64.0 Å². The molecule has 19 heavy (non-hydrogen) atoms. The zero-order valence-corrected chi connectivity index (χ0v) is 10.2. The Morgan fingerprint density at radius 1 is 0.789 bits per heavy atom. The lowest BCUT2D eigenvalue weighted by Gasteiger charge is -2.10. The number of aromatic nitrogens is 2. The third-order valence-corrected chi connectivity index (χ3v) is 4.00. The quantitative estimate of drug-likeness (QED) is 0.293. The summed E-state index contributed by atoms with van der Waals surface area (Å²) in [7, 11) is 0. The molecule has 0 bridgehead atoms. The topological polar surface area (TPSA) is 17.3 Å². The van der Waals surface area contributed by atoms with Gasteiger partial charge in [-0.1, -0.05) is 42.5 Å². The highest BCUT2D eigenvalue weighted by atomic mass is 15.0. The van der Waals surface area contributed by atoms with Crippen LogP contribution < -0.4 is 0 Å². The molecule has 0 N–H and O–H groups in total. The van der Waals surface area contributed by atoms with Crippen LogP contribution in [0.25, 0.3) is 38.1 Å². The molecule has 0 atom stereocenters. The van der Waals surface area contributed by atoms with E-state index < -0.39 is 0 Å². The number of imidazole rings is 1. The van der Waals surface area contributed by atoms with Crippen molar-refractivity contribution in [1.82, 2.24) is 9.38 Å². The Bertz CT molecular complexity index is 1050. The number of hydrogen-bond acceptors (Lipinski definition) is 1. The Morgan fingerprint density at radius 2 is 1.68 bits per heavy atom. The smallest absolute Gasteiger partial charge is 0.100 e. The summed E-state index contributed by atoms with van der Waals surface area (Å²) in [5, 5.41) is 5.19. The molecule has 0 aliphatic heterocycles. The first-order valence-corrected chi connectivity index (χ1v) is 6.42. The number of para-hydroxylation sites is 1. The van der Waals surface area contributed by atoms with Crippen molar-refractivity contribution < 1.29 is 0 Å². The molecule has 0 unspecified atom stereocenters. The highest BCUT2D eigenvalue weighted by Gasteiger charge is 2.13. The molecule has 0 aliphatic carbocycles. The predicted molar refractivity (Wildman–Crippen MR) is 78.9 cm³/mol. The van der Waals surface area contributed by atoms with Crippen LogP contribution in [-0.4, -0.2) is 9.38 Å². The largest absolute Gasteiger partial charge is 0.298 e. The maximum absolute atomic E-state index is 4.53. The van der Waals surface area contributed by atoms with Crippen molar-refractivity contribution in [2.45, 2.75) is 0 Å². The average Bonchev–Trinajstić information content (AvgIpc) is 2.91. The van der Waals surface area contributed by atoms with E-state index in [1.165, 1.54) is 32.6 Å². The summed E-state index contributed by atoms with van der Waals surface area (Å²) in [4.78, 5) is 4.53. The molecule has 0 saturated heterocycles. The van der Waals surface area contributed by atoms with Gasteiger partial charge in [0.2, 0.25) is 0 Å². The van der Waals surface area contributed by atoms with E-state index in [0.29, 0.717) is 0 Å². The van der Waals surface area contributed by atoms with Gasteiger partial charge in [-0.15, -0.1) is 0 Å². The molecule has 5 rings (SSSR count). The molecule has 0 spiro atoms. The third kappa shape index (κ3) is 1.01. The van der Waals surface area contributed by atoms with Gasteiger partial charge < -0.3 is 0 Å². The zero-order valence-electron chi connectivity index (χ0n) is 10.2. The maximum atomic E-state index is 4.53. The molecule has 0 aliphatic rings. The third-order valence-electron chi connectivity index (χ3n) is 4.00. The minimum absolute atomic E-state index is 1.06. The van der Waals surface area contributed by atoms with Gasteiger partial charge in [-0.05, 0) is 22.9 Å². The summed E-state index contributed by atoms with van der Waals surface area (Å²) < 4.78 is 2.21. The standard InChI is InChI=1S/C17H10N2/c1-2-7-15-12(5-1)13-6-3-4-11-8-9-14-17(16(11)13)19(15)10-18-14/h1-10H. The normalized spacial score (nSPS) is 12.2. The highest BCUT2D eigenvalue weighted by Crippen LogP contribution is 2.35. The van der Waals surface area contributed by atoms with E-state index in [9.17, 15) is 0 Å². The van der Waals surface area contributed by atoms with Gasteiger partial charge in [0.25, 0.3) is 0 Å². The van der Waals surface area contributed by atoms with E-state index in [-0.39, 0.29) is 0 Å². The summed E-state index contributed by atoms with van der Waals surface area (Å²) in [5.74, 6) is 0. The minimum Gasteiger partial charge on any atom is -0.298 e. The Labute approximate surface area is 109 Å². The van der Waals surface area contributed by atoms with Crippen LogP contribution in [0.4, 0.5) is 0 Å². The van der Waals surface area contributed by atoms with Gasteiger partial charge in [0.1, 0.15) is 6.33 Å². The summed E-state index contributed by atoms with van der Waals surface area (Å²) >= 11 is 0. The van der Waals surface area contributed by atoms with Crippen LogP contribution >= 0.6 is 0 Å². The summed E-state index contributed by atoms with van der Waals surface area (Å²) in [5.41, 5.74) is 3.51. The fourth-order valence-corrected chi connectivity index (χ4v) is 3.19. The molecular formula is C17H10N2. The van der Waals surface area contributed by atoms with Gasteiger partial charge in [0, 0.05) is 10.8 Å². The van der Waals surface area contributed by atoms with E-state index in [1.807, 2.05) is 6.33 Å². The molecule has 0 amide bonds. The van der Waals surface area contributed by atoms with Crippen LogP contribution in [0, 0.1) is 0 Å². The summed E-state index contributed by atoms with van der Waals surface area (Å²) in [6.45, 7) is 0. The fraction of sp³-hybridized carbons (Fsp3) is 0. The van der Waals surface area contributed by atoms with E-state index in [1.54, 1.807) is 0 Å². The Morgan fingerprint density at radius 3 is 2.68 bits per heavy atom. The van der Waals surface area contributed by atoms with Crippen molar-refractivity contribution in [3.8, 4) is 0 Å². The highest BCUT2D eigenvalue weighted by molar-refractivity contribution is 6.22. The zero-order chi connectivity index (χ0) is 12.4. The van der Waals surface area contributed by atoms with Crippen molar-refractivity contribution in [3.05, 3.63) is 60.9 Å². The number of nitrogens with zero attached hydrogens (tertiary/aromatic N) is 2. The molecule has 3 aromatic carbocycles. The van der Waals surface area contributed by atoms with Gasteiger partial charge in [-0.3, -0.25) is 4.40 Å². The second-order valence-electron chi connectivity index (χ2n) is 4.97. The van der Waals surface area contributed by atoms with Crippen LogP contribution in [0.1, 0.15) is 0 Å². The molecule has 0 fully saturated rings. The number of fused-ring (bicyclic) bond motifs is 3. The van der Waals surface area contributed by atoms with Crippen LogP contribution in [0.15, 0.2) is 60.9 Å². The molecule has 2 heterocycles. The Kier molecular flexibility index (Phi) is 1.49. The van der Waals surface area contributed by atoms with Crippen LogP contribution in [-0.2, 0) is 0 Å². The SMILES string of the molecule is c1cc2ccc3ncn4c5ccccc5c(c1)c2c34. The van der Waals surface area contributed by atoms with Crippen molar-refractivity contribution in [2.24, 2.45) is 0 Å². The van der Waals surface area contributed by atoms with Gasteiger partial charge >= 0.3 is 0 Å². The predicted octanol–water partition coefficient (Wildman–Crippen LogP) is 4.23. The molecule has 88 valence electrons. The van der Waals surface area contributed by atoms with Crippen molar-refractivity contribution >= 4 is 38.1 Å². The lowest BCUT2D eigenvalue weighted by atomic mass is 10.00. The van der Waals surface area contributed by atoms with E-state index >= 15 is 0 Å². The second-order valence-corrected chi connectivity index (χ2v) is 4.97. The minimum atomic E-state index is 1.06. The molecular weight excluding hydrogens is 232 g/mol. The number of rotatable bonds is 0. The molecule has 2 aromatic heterocycles. The number of hydrogen-bond donors (Lipinski definition) is 0. The number of pyridine rings is 1. The average molecular weight is 242 g/mol. The molecule has 0 radical (unpaired) electrons. The molecule has 2 heteroatoms. The first-order valence-electron chi connectivity index (χ1n) is 6.42. The summed E-state index contributed by atoms with van der Waals surface area (Å²) in [6, 6.07) is 19.3. The maximum Gasteiger partial charge on any atom is 0.100 e. The Hall–Kier alpha value is -2.61. The molecule has 5 aromatic rings. The Balaban J connectivity index is 2.34. The monoisotopic (exact) mass is 242 g/mol. The van der Waals surface area contributed by atoms with E-state index in [4.69, 9.17) is 0 Å². The van der Waals surface area contributed by atoms with Crippen LogP contribution in [0.3, 0.4) is 0 Å². The number of benzene rings is 3. The van der Waals surface area contributed by atoms with Crippen LogP contribution in [0.5, 0.6) is 0 Å². The van der Waals surface area contributed by atoms with Crippen LogP contribution in [0.2, 0.25) is 0 Å². The van der Waals surface area contributed by atoms with Crippen molar-refractivity contribution in [1.29, 1.82) is 0 Å². The second kappa shape index (κ2) is 3.04. The molecule has 0 saturated carbocycles. The molecule has 2 nitrogen and oxygen atoms in total. The first kappa shape index (κ1) is 9.34. The van der Waals surface area contributed by atoms with Crippen molar-refractivity contribution in [3.63, 3.8) is 0 Å². The fourth-order valence-electron chi connectivity index (χ4n) is 3.19. The van der Waals surface area contributed by atoms with Gasteiger partial charge in [-0.25, -0.2) is 4.98 Å². The van der Waals surface area contributed by atoms with Gasteiger partial charge in [0.15, 0.2) is 0 Å². The van der Waals surface area contributed by atoms with Gasteiger partial charge in [-0.2, -0.15) is 0 Å². The van der Waals surface area contributed by atoms with E-state index in [0.717, 1.165) is 5.52 Å². The lowest BCUT2D eigenvalue weighted by Crippen LogP contribution is -1.90. The van der Waals surface area contributed by atoms with Crippen molar-refractivity contribution in [2.75, 3.05) is 0 Å². The summed E-state index contributed by atoms with van der Waals surface area (Å²) in [6.07, 6.45) is 1.93.